The number of halogens is 1. The number of hydrogen-bond donors (Lipinski definition) is 3. The number of aromatic nitrogens is 3. The zero-order chi connectivity index (χ0) is 18.7. The van der Waals surface area contributed by atoms with E-state index in [0.29, 0.717) is 16.5 Å². The summed E-state index contributed by atoms with van der Waals surface area (Å²) in [6.45, 7) is 6.05. The second-order valence-corrected chi connectivity index (χ2v) is 6.73. The molecular formula is C19H22ClN5O. The molecule has 0 radical (unpaired) electrons. The van der Waals surface area contributed by atoms with Crippen molar-refractivity contribution in [2.75, 3.05) is 10.6 Å². The normalized spacial score (nSPS) is 11.0. The summed E-state index contributed by atoms with van der Waals surface area (Å²) in [5.41, 5.74) is 3.24. The summed E-state index contributed by atoms with van der Waals surface area (Å²) in [5.74, 6) is 1.52. The molecule has 1 aromatic carbocycles. The zero-order valence-corrected chi connectivity index (χ0v) is 15.7. The van der Waals surface area contributed by atoms with Crippen molar-refractivity contribution in [2.24, 2.45) is 0 Å². The van der Waals surface area contributed by atoms with E-state index < -0.39 is 0 Å². The summed E-state index contributed by atoms with van der Waals surface area (Å²) in [4.78, 5) is 4.35. The van der Waals surface area contributed by atoms with Gasteiger partial charge in [0.15, 0.2) is 0 Å². The Balaban J connectivity index is 1.89. The summed E-state index contributed by atoms with van der Waals surface area (Å²) in [7, 11) is 0. The predicted octanol–water partition coefficient (Wildman–Crippen LogP) is 4.80. The van der Waals surface area contributed by atoms with Gasteiger partial charge in [0, 0.05) is 29.4 Å². The Kier molecular flexibility index (Phi) is 5.44. The molecule has 3 rings (SSSR count). The number of rotatable bonds is 6. The maximum absolute atomic E-state index is 9.49. The van der Waals surface area contributed by atoms with E-state index in [9.17, 15) is 5.11 Å². The third kappa shape index (κ3) is 3.98. The third-order valence-electron chi connectivity index (χ3n) is 3.92. The van der Waals surface area contributed by atoms with Crippen LogP contribution in [0.1, 0.15) is 31.1 Å². The van der Waals surface area contributed by atoms with E-state index in [4.69, 9.17) is 11.6 Å². The van der Waals surface area contributed by atoms with Gasteiger partial charge in [-0.25, -0.2) is 9.67 Å². The van der Waals surface area contributed by atoms with Crippen LogP contribution in [0.4, 0.5) is 23.0 Å². The number of aryl methyl sites for hydroxylation is 1. The topological polar surface area (TPSA) is 75.0 Å². The first-order valence-electron chi connectivity index (χ1n) is 8.42. The molecule has 6 nitrogen and oxygen atoms in total. The number of hydrogen-bond acceptors (Lipinski definition) is 5. The van der Waals surface area contributed by atoms with Crippen LogP contribution in [0.25, 0.3) is 0 Å². The standard InChI is InChI=1S/C19H22ClN5O/c1-12(2)25-19(8-13(3)24-25)23-18-9-17(15(20)10-21-18)22-16-7-5-4-6-14(16)11-26/h4-10,12,26H,11H2,1-3H3,(H2,21,22,23). The van der Waals surface area contributed by atoms with Crippen molar-refractivity contribution in [3.8, 4) is 0 Å². The molecule has 136 valence electrons. The Labute approximate surface area is 157 Å². The number of aliphatic hydroxyl groups is 1. The van der Waals surface area contributed by atoms with Crippen molar-refractivity contribution in [1.82, 2.24) is 14.8 Å². The highest BCUT2D eigenvalue weighted by molar-refractivity contribution is 6.33. The maximum Gasteiger partial charge on any atom is 0.133 e. The van der Waals surface area contributed by atoms with E-state index in [1.807, 2.05) is 48.0 Å². The van der Waals surface area contributed by atoms with Gasteiger partial charge in [0.1, 0.15) is 11.6 Å². The number of nitrogens with zero attached hydrogens (tertiary/aromatic N) is 3. The molecule has 26 heavy (non-hydrogen) atoms. The van der Waals surface area contributed by atoms with Crippen molar-refractivity contribution >= 4 is 34.6 Å². The molecule has 2 heterocycles. The average Bonchev–Trinajstić information content (AvgIpc) is 2.99. The van der Waals surface area contributed by atoms with Gasteiger partial charge < -0.3 is 15.7 Å². The smallest absolute Gasteiger partial charge is 0.133 e. The Morgan fingerprint density at radius 1 is 1.15 bits per heavy atom. The van der Waals surface area contributed by atoms with Crippen LogP contribution in [0.5, 0.6) is 0 Å². The van der Waals surface area contributed by atoms with E-state index in [-0.39, 0.29) is 12.6 Å². The molecule has 0 spiro atoms. The first kappa shape index (κ1) is 18.2. The van der Waals surface area contributed by atoms with Crippen LogP contribution in [-0.4, -0.2) is 19.9 Å². The summed E-state index contributed by atoms with van der Waals surface area (Å²) in [6.07, 6.45) is 1.59. The van der Waals surface area contributed by atoms with E-state index >= 15 is 0 Å². The lowest BCUT2D eigenvalue weighted by atomic mass is 10.2. The molecule has 2 aromatic heterocycles. The Morgan fingerprint density at radius 2 is 1.92 bits per heavy atom. The van der Waals surface area contributed by atoms with E-state index in [0.717, 1.165) is 22.8 Å². The fourth-order valence-electron chi connectivity index (χ4n) is 2.66. The van der Waals surface area contributed by atoms with Crippen LogP contribution in [-0.2, 0) is 6.61 Å². The molecule has 0 aliphatic heterocycles. The molecule has 0 amide bonds. The lowest BCUT2D eigenvalue weighted by Gasteiger charge is -2.15. The molecule has 7 heteroatoms. The molecule has 0 aliphatic carbocycles. The second kappa shape index (κ2) is 7.76. The zero-order valence-electron chi connectivity index (χ0n) is 15.0. The molecular weight excluding hydrogens is 350 g/mol. The van der Waals surface area contributed by atoms with Gasteiger partial charge in [0.2, 0.25) is 0 Å². The van der Waals surface area contributed by atoms with Gasteiger partial charge in [0.05, 0.1) is 29.2 Å². The van der Waals surface area contributed by atoms with E-state index in [2.05, 4.69) is 34.6 Å². The van der Waals surface area contributed by atoms with E-state index in [1.165, 1.54) is 0 Å². The molecule has 0 saturated carbocycles. The van der Waals surface area contributed by atoms with Gasteiger partial charge >= 0.3 is 0 Å². The maximum atomic E-state index is 9.49. The number of benzene rings is 1. The van der Waals surface area contributed by atoms with Crippen LogP contribution in [0.3, 0.4) is 0 Å². The summed E-state index contributed by atoms with van der Waals surface area (Å²) < 4.78 is 1.92. The van der Waals surface area contributed by atoms with Gasteiger partial charge in [-0.1, -0.05) is 29.8 Å². The highest BCUT2D eigenvalue weighted by Gasteiger charge is 2.11. The Bertz CT molecular complexity index is 907. The molecule has 0 aliphatic rings. The number of nitrogens with one attached hydrogen (secondary N) is 2. The minimum atomic E-state index is -0.0518. The lowest BCUT2D eigenvalue weighted by molar-refractivity contribution is 0.282. The quantitative estimate of drug-likeness (QED) is 0.580. The fourth-order valence-corrected chi connectivity index (χ4v) is 2.81. The van der Waals surface area contributed by atoms with Crippen LogP contribution in [0, 0.1) is 6.92 Å². The predicted molar refractivity (Wildman–Crippen MR) is 106 cm³/mol. The van der Waals surface area contributed by atoms with Crippen molar-refractivity contribution in [3.63, 3.8) is 0 Å². The van der Waals surface area contributed by atoms with Crippen molar-refractivity contribution in [3.05, 3.63) is 58.9 Å². The minimum absolute atomic E-state index is 0.0518. The fraction of sp³-hybridized carbons (Fsp3) is 0.263. The molecule has 0 saturated heterocycles. The van der Waals surface area contributed by atoms with Crippen molar-refractivity contribution in [2.45, 2.75) is 33.4 Å². The van der Waals surface area contributed by atoms with E-state index in [1.54, 1.807) is 6.20 Å². The number of pyridine rings is 1. The second-order valence-electron chi connectivity index (χ2n) is 6.32. The number of para-hydroxylation sites is 1. The number of aliphatic hydroxyl groups excluding tert-OH is 1. The first-order chi connectivity index (χ1) is 12.5. The van der Waals surface area contributed by atoms with Crippen LogP contribution in [0.15, 0.2) is 42.6 Å². The molecule has 0 fully saturated rings. The van der Waals surface area contributed by atoms with Gasteiger partial charge in [-0.3, -0.25) is 0 Å². The molecule has 3 aromatic rings. The highest BCUT2D eigenvalue weighted by Crippen LogP contribution is 2.30. The molecule has 0 unspecified atom stereocenters. The van der Waals surface area contributed by atoms with Crippen LogP contribution >= 0.6 is 11.6 Å². The Morgan fingerprint density at radius 3 is 2.65 bits per heavy atom. The van der Waals surface area contributed by atoms with Gasteiger partial charge in [0.25, 0.3) is 0 Å². The van der Waals surface area contributed by atoms with Crippen molar-refractivity contribution < 1.29 is 5.11 Å². The summed E-state index contributed by atoms with van der Waals surface area (Å²) >= 11 is 6.30. The summed E-state index contributed by atoms with van der Waals surface area (Å²) in [6, 6.07) is 11.6. The van der Waals surface area contributed by atoms with Crippen LogP contribution < -0.4 is 10.6 Å². The molecule has 0 bridgehead atoms. The van der Waals surface area contributed by atoms with Gasteiger partial charge in [-0.05, 0) is 26.8 Å². The summed E-state index contributed by atoms with van der Waals surface area (Å²) in [5, 5.41) is 21.0. The Hall–Kier alpha value is -2.57. The number of anilines is 4. The first-order valence-corrected chi connectivity index (χ1v) is 8.80. The highest BCUT2D eigenvalue weighted by atomic mass is 35.5. The SMILES string of the molecule is Cc1cc(Nc2cc(Nc3ccccc3CO)c(Cl)cn2)n(C(C)C)n1. The largest absolute Gasteiger partial charge is 0.392 e. The minimum Gasteiger partial charge on any atom is -0.392 e. The van der Waals surface area contributed by atoms with Gasteiger partial charge in [-0.2, -0.15) is 5.10 Å². The average molecular weight is 372 g/mol. The third-order valence-corrected chi connectivity index (χ3v) is 4.22. The van der Waals surface area contributed by atoms with Crippen molar-refractivity contribution in [1.29, 1.82) is 0 Å². The molecule has 0 atom stereocenters. The monoisotopic (exact) mass is 371 g/mol. The van der Waals surface area contributed by atoms with Crippen LogP contribution in [0.2, 0.25) is 5.02 Å². The molecule has 3 N–H and O–H groups in total. The van der Waals surface area contributed by atoms with Gasteiger partial charge in [-0.15, -0.1) is 0 Å². The lowest BCUT2D eigenvalue weighted by Crippen LogP contribution is -2.08.